The third-order valence-corrected chi connectivity index (χ3v) is 4.64. The maximum atomic E-state index is 13.2. The quantitative estimate of drug-likeness (QED) is 0.756. The molecule has 0 unspecified atom stereocenters. The number of halogens is 2. The Balaban J connectivity index is 2.18. The maximum Gasteiger partial charge on any atom is 0.124 e. The van der Waals surface area contributed by atoms with Crippen LogP contribution in [0.2, 0.25) is 5.02 Å². The molecular formula is C16H23ClFN. The highest BCUT2D eigenvalue weighted by atomic mass is 35.5. The van der Waals surface area contributed by atoms with Crippen LogP contribution in [0.4, 0.5) is 4.39 Å². The lowest BCUT2D eigenvalue weighted by Gasteiger charge is -2.49. The summed E-state index contributed by atoms with van der Waals surface area (Å²) in [5.41, 5.74) is 1.23. The Morgan fingerprint density at radius 3 is 2.68 bits per heavy atom. The smallest absolute Gasteiger partial charge is 0.124 e. The molecule has 3 heteroatoms. The van der Waals surface area contributed by atoms with Crippen molar-refractivity contribution in [3.63, 3.8) is 0 Å². The van der Waals surface area contributed by atoms with Crippen molar-refractivity contribution < 1.29 is 4.39 Å². The molecule has 0 amide bonds. The summed E-state index contributed by atoms with van der Waals surface area (Å²) in [6, 6.07) is 4.84. The summed E-state index contributed by atoms with van der Waals surface area (Å²) >= 11 is 6.26. The van der Waals surface area contributed by atoms with E-state index in [0.29, 0.717) is 5.02 Å². The Kier molecular flexibility index (Phi) is 4.86. The molecular weight excluding hydrogens is 261 g/mol. The lowest BCUT2D eigenvalue weighted by molar-refractivity contribution is 0.134. The molecule has 19 heavy (non-hydrogen) atoms. The molecule has 0 saturated heterocycles. The van der Waals surface area contributed by atoms with Gasteiger partial charge in [0.05, 0.1) is 0 Å². The van der Waals surface area contributed by atoms with Gasteiger partial charge in [-0.2, -0.15) is 0 Å². The minimum atomic E-state index is -0.253. The minimum Gasteiger partial charge on any atom is -0.316 e. The van der Waals surface area contributed by atoms with Crippen molar-refractivity contribution in [1.82, 2.24) is 5.32 Å². The highest BCUT2D eigenvalue weighted by Gasteiger charge is 2.45. The monoisotopic (exact) mass is 283 g/mol. The van der Waals surface area contributed by atoms with Gasteiger partial charge in [0, 0.05) is 17.0 Å². The van der Waals surface area contributed by atoms with Crippen molar-refractivity contribution in [2.75, 3.05) is 13.1 Å². The molecule has 1 saturated carbocycles. The summed E-state index contributed by atoms with van der Waals surface area (Å²) in [4.78, 5) is 0. The molecule has 1 aromatic carbocycles. The van der Waals surface area contributed by atoms with Crippen LogP contribution in [-0.4, -0.2) is 13.1 Å². The fraction of sp³-hybridized carbons (Fsp3) is 0.625. The molecule has 0 bridgehead atoms. The first kappa shape index (κ1) is 14.8. The summed E-state index contributed by atoms with van der Waals surface area (Å²) in [5.74, 6) is 0.529. The molecule has 0 heterocycles. The summed E-state index contributed by atoms with van der Waals surface area (Å²) in [6.07, 6.45) is 4.66. The van der Waals surface area contributed by atoms with Crippen LogP contribution in [0, 0.1) is 11.7 Å². The maximum absolute atomic E-state index is 13.2. The van der Waals surface area contributed by atoms with Gasteiger partial charge in [0.2, 0.25) is 0 Å². The number of hydrogen-bond donors (Lipinski definition) is 1. The Morgan fingerprint density at radius 2 is 2.11 bits per heavy atom. The van der Waals surface area contributed by atoms with Gasteiger partial charge >= 0.3 is 0 Å². The molecule has 2 rings (SSSR count). The average Bonchev–Trinajstić information content (AvgIpc) is 2.33. The molecule has 1 aromatic rings. The van der Waals surface area contributed by atoms with Crippen molar-refractivity contribution in [1.29, 1.82) is 0 Å². The normalized spacial score (nSPS) is 26.2. The zero-order valence-electron chi connectivity index (χ0n) is 11.8. The van der Waals surface area contributed by atoms with Crippen LogP contribution in [0.5, 0.6) is 0 Å². The van der Waals surface area contributed by atoms with Crippen LogP contribution >= 0.6 is 11.6 Å². The fourth-order valence-corrected chi connectivity index (χ4v) is 3.59. The molecule has 1 nitrogen and oxygen atoms in total. The van der Waals surface area contributed by atoms with Crippen molar-refractivity contribution in [2.45, 2.75) is 44.9 Å². The van der Waals surface area contributed by atoms with E-state index in [1.165, 1.54) is 18.6 Å². The fourth-order valence-electron chi connectivity index (χ4n) is 3.22. The van der Waals surface area contributed by atoms with E-state index in [-0.39, 0.29) is 11.2 Å². The van der Waals surface area contributed by atoms with Gasteiger partial charge in [-0.1, -0.05) is 37.9 Å². The summed E-state index contributed by atoms with van der Waals surface area (Å²) < 4.78 is 13.2. The van der Waals surface area contributed by atoms with Crippen LogP contribution in [0.25, 0.3) is 0 Å². The molecule has 1 fully saturated rings. The van der Waals surface area contributed by atoms with Crippen LogP contribution in [0.15, 0.2) is 18.2 Å². The molecule has 0 aromatic heterocycles. The predicted molar refractivity (Wildman–Crippen MR) is 79.3 cm³/mol. The lowest BCUT2D eigenvalue weighted by atomic mass is 9.58. The van der Waals surface area contributed by atoms with Gasteiger partial charge in [0.1, 0.15) is 5.82 Å². The Hall–Kier alpha value is -0.600. The summed E-state index contributed by atoms with van der Waals surface area (Å²) in [5, 5.41) is 4.09. The van der Waals surface area contributed by atoms with Crippen LogP contribution in [-0.2, 0) is 5.41 Å². The van der Waals surface area contributed by atoms with E-state index in [1.807, 2.05) is 6.07 Å². The van der Waals surface area contributed by atoms with E-state index in [2.05, 4.69) is 19.2 Å². The highest BCUT2D eigenvalue weighted by Crippen LogP contribution is 2.50. The van der Waals surface area contributed by atoms with Gasteiger partial charge in [0.15, 0.2) is 0 Å². The standard InChI is InChI=1S/C16H23ClFN/c1-3-7-19-11-16(9-12(4-2)10-16)14-6-5-13(18)8-15(14)17/h5-6,8,12,19H,3-4,7,9-11H2,1-2H3. The van der Waals surface area contributed by atoms with E-state index in [1.54, 1.807) is 0 Å². The second-order valence-corrected chi connectivity index (χ2v) is 6.17. The average molecular weight is 284 g/mol. The van der Waals surface area contributed by atoms with Crippen molar-refractivity contribution >= 4 is 11.6 Å². The summed E-state index contributed by atoms with van der Waals surface area (Å²) in [6.45, 7) is 6.38. The first-order valence-electron chi connectivity index (χ1n) is 7.27. The molecule has 0 radical (unpaired) electrons. The van der Waals surface area contributed by atoms with E-state index in [0.717, 1.165) is 43.8 Å². The highest BCUT2D eigenvalue weighted by molar-refractivity contribution is 6.31. The van der Waals surface area contributed by atoms with E-state index in [4.69, 9.17) is 11.6 Å². The van der Waals surface area contributed by atoms with Gasteiger partial charge in [-0.05, 0) is 49.4 Å². The van der Waals surface area contributed by atoms with Crippen LogP contribution in [0.1, 0.15) is 45.1 Å². The molecule has 1 aliphatic carbocycles. The van der Waals surface area contributed by atoms with Crippen molar-refractivity contribution in [2.24, 2.45) is 5.92 Å². The Bertz CT molecular complexity index is 427. The van der Waals surface area contributed by atoms with Crippen molar-refractivity contribution in [3.8, 4) is 0 Å². The molecule has 0 aliphatic heterocycles. The first-order chi connectivity index (χ1) is 9.11. The number of hydrogen-bond acceptors (Lipinski definition) is 1. The summed E-state index contributed by atoms with van der Waals surface area (Å²) in [7, 11) is 0. The zero-order valence-corrected chi connectivity index (χ0v) is 12.6. The third-order valence-electron chi connectivity index (χ3n) is 4.33. The largest absolute Gasteiger partial charge is 0.316 e. The molecule has 106 valence electrons. The second kappa shape index (κ2) is 6.23. The van der Waals surface area contributed by atoms with Crippen LogP contribution < -0.4 is 5.32 Å². The SMILES string of the molecule is CCCNCC1(c2ccc(F)cc2Cl)CC(CC)C1. The number of nitrogens with one attached hydrogen (secondary N) is 1. The van der Waals surface area contributed by atoms with Crippen LogP contribution in [0.3, 0.4) is 0 Å². The van der Waals surface area contributed by atoms with Gasteiger partial charge in [-0.3, -0.25) is 0 Å². The Morgan fingerprint density at radius 1 is 1.37 bits per heavy atom. The molecule has 1 N–H and O–H groups in total. The van der Waals surface area contributed by atoms with Gasteiger partial charge in [-0.25, -0.2) is 4.39 Å². The molecule has 1 aliphatic rings. The third kappa shape index (κ3) is 3.11. The minimum absolute atomic E-state index is 0.112. The van der Waals surface area contributed by atoms with E-state index >= 15 is 0 Å². The van der Waals surface area contributed by atoms with Crippen molar-refractivity contribution in [3.05, 3.63) is 34.6 Å². The van der Waals surface area contributed by atoms with E-state index in [9.17, 15) is 4.39 Å². The number of benzene rings is 1. The zero-order chi connectivity index (χ0) is 13.9. The topological polar surface area (TPSA) is 12.0 Å². The Labute approximate surface area is 120 Å². The van der Waals surface area contributed by atoms with E-state index < -0.39 is 0 Å². The molecule has 0 atom stereocenters. The van der Waals surface area contributed by atoms with Gasteiger partial charge in [-0.15, -0.1) is 0 Å². The lowest BCUT2D eigenvalue weighted by Crippen LogP contribution is -2.48. The number of rotatable bonds is 6. The predicted octanol–water partition coefficient (Wildman–Crippen LogP) is 4.54. The second-order valence-electron chi connectivity index (χ2n) is 5.76. The first-order valence-corrected chi connectivity index (χ1v) is 7.65. The van der Waals surface area contributed by atoms with Gasteiger partial charge in [0.25, 0.3) is 0 Å². The van der Waals surface area contributed by atoms with Gasteiger partial charge < -0.3 is 5.32 Å². The molecule has 0 spiro atoms.